The first-order valence-electron chi connectivity index (χ1n) is 5.98. The summed E-state index contributed by atoms with van der Waals surface area (Å²) in [6, 6.07) is 5.33. The van der Waals surface area contributed by atoms with Crippen LogP contribution in [-0.4, -0.2) is 39.4 Å². The number of amides is 1. The number of aryl methyl sites for hydroxylation is 1. The van der Waals surface area contributed by atoms with E-state index in [4.69, 9.17) is 0 Å². The lowest BCUT2D eigenvalue weighted by molar-refractivity contribution is 0.0775. The lowest BCUT2D eigenvalue weighted by Crippen LogP contribution is -2.28. The number of nitrogens with zero attached hydrogens (tertiary/aromatic N) is 4. The molecule has 2 heterocycles. The molecule has 1 amide bonds. The number of carbonyl (C=O) groups excluding carboxylic acids is 1. The molecule has 0 atom stereocenters. The Morgan fingerprint density at radius 3 is 2.89 bits per heavy atom. The fourth-order valence-corrected chi connectivity index (χ4v) is 1.72. The molecule has 2 aromatic rings. The topological polar surface area (TPSA) is 63.1 Å². The second kappa shape index (κ2) is 5.51. The van der Waals surface area contributed by atoms with E-state index in [9.17, 15) is 4.79 Å². The van der Waals surface area contributed by atoms with Gasteiger partial charge in [-0.05, 0) is 12.1 Å². The van der Waals surface area contributed by atoms with Gasteiger partial charge in [-0.15, -0.1) is 0 Å². The summed E-state index contributed by atoms with van der Waals surface area (Å²) in [5.74, 6) is 1.39. The summed E-state index contributed by atoms with van der Waals surface area (Å²) in [6.07, 6.45) is 3.57. The highest BCUT2D eigenvalue weighted by atomic mass is 16.2. The van der Waals surface area contributed by atoms with E-state index in [0.29, 0.717) is 18.1 Å². The van der Waals surface area contributed by atoms with Gasteiger partial charge < -0.3 is 14.8 Å². The SMILES string of the molecule is CNc1cccc(C(=O)N(C)Cc2nccn2C)n1. The van der Waals surface area contributed by atoms with Gasteiger partial charge in [-0.25, -0.2) is 9.97 Å². The molecule has 100 valence electrons. The molecule has 0 bridgehead atoms. The fourth-order valence-electron chi connectivity index (χ4n) is 1.72. The van der Waals surface area contributed by atoms with Gasteiger partial charge >= 0.3 is 0 Å². The minimum Gasteiger partial charge on any atom is -0.373 e. The Labute approximate surface area is 112 Å². The second-order valence-corrected chi connectivity index (χ2v) is 4.27. The van der Waals surface area contributed by atoms with Crippen LogP contribution in [0.25, 0.3) is 0 Å². The molecule has 0 saturated carbocycles. The third-order valence-electron chi connectivity index (χ3n) is 2.87. The zero-order chi connectivity index (χ0) is 13.8. The van der Waals surface area contributed by atoms with Crippen molar-refractivity contribution in [3.63, 3.8) is 0 Å². The Kier molecular flexibility index (Phi) is 3.79. The number of nitrogens with one attached hydrogen (secondary N) is 1. The van der Waals surface area contributed by atoms with Gasteiger partial charge in [0.1, 0.15) is 17.3 Å². The summed E-state index contributed by atoms with van der Waals surface area (Å²) in [7, 11) is 5.42. The van der Waals surface area contributed by atoms with Gasteiger partial charge in [-0.1, -0.05) is 6.07 Å². The van der Waals surface area contributed by atoms with Crippen molar-refractivity contribution in [1.82, 2.24) is 19.4 Å². The summed E-state index contributed by atoms with van der Waals surface area (Å²) < 4.78 is 1.89. The van der Waals surface area contributed by atoms with Gasteiger partial charge in [0.15, 0.2) is 0 Å². The predicted molar refractivity (Wildman–Crippen MR) is 72.8 cm³/mol. The van der Waals surface area contributed by atoms with Crippen LogP contribution in [-0.2, 0) is 13.6 Å². The lowest BCUT2D eigenvalue weighted by Gasteiger charge is -2.16. The van der Waals surface area contributed by atoms with E-state index >= 15 is 0 Å². The number of aromatic nitrogens is 3. The highest BCUT2D eigenvalue weighted by Gasteiger charge is 2.15. The number of carbonyl (C=O) groups is 1. The average Bonchev–Trinajstić information content (AvgIpc) is 2.83. The van der Waals surface area contributed by atoms with Gasteiger partial charge in [0, 0.05) is 33.5 Å². The first-order valence-corrected chi connectivity index (χ1v) is 5.98. The predicted octanol–water partition coefficient (Wildman–Crippen LogP) is 1.13. The maximum atomic E-state index is 12.2. The lowest BCUT2D eigenvalue weighted by atomic mass is 10.3. The first-order chi connectivity index (χ1) is 9.11. The van der Waals surface area contributed by atoms with E-state index in [1.165, 1.54) is 0 Å². The van der Waals surface area contributed by atoms with Crippen LogP contribution in [0.1, 0.15) is 16.3 Å². The molecular weight excluding hydrogens is 242 g/mol. The normalized spacial score (nSPS) is 10.3. The molecule has 1 N–H and O–H groups in total. The van der Waals surface area contributed by atoms with Crippen LogP contribution in [0.2, 0.25) is 0 Å². The highest BCUT2D eigenvalue weighted by Crippen LogP contribution is 2.08. The van der Waals surface area contributed by atoms with Gasteiger partial charge in [-0.3, -0.25) is 4.79 Å². The van der Waals surface area contributed by atoms with Gasteiger partial charge in [0.25, 0.3) is 5.91 Å². The number of rotatable bonds is 4. The van der Waals surface area contributed by atoms with E-state index in [1.54, 1.807) is 37.3 Å². The zero-order valence-electron chi connectivity index (χ0n) is 11.3. The molecule has 0 radical (unpaired) electrons. The van der Waals surface area contributed by atoms with Crippen LogP contribution >= 0.6 is 0 Å². The molecular formula is C13H17N5O. The highest BCUT2D eigenvalue weighted by molar-refractivity contribution is 5.92. The summed E-state index contributed by atoms with van der Waals surface area (Å²) in [4.78, 5) is 22.3. The minimum absolute atomic E-state index is 0.125. The maximum absolute atomic E-state index is 12.2. The maximum Gasteiger partial charge on any atom is 0.272 e. The standard InChI is InChI=1S/C13H17N5O/c1-14-11-6-4-5-10(16-11)13(19)18(3)9-12-15-7-8-17(12)2/h4-8H,9H2,1-3H3,(H,14,16). The smallest absolute Gasteiger partial charge is 0.272 e. The average molecular weight is 259 g/mol. The quantitative estimate of drug-likeness (QED) is 0.894. The molecule has 0 aromatic carbocycles. The minimum atomic E-state index is -0.125. The van der Waals surface area contributed by atoms with Crippen molar-refractivity contribution in [3.05, 3.63) is 42.1 Å². The van der Waals surface area contributed by atoms with Gasteiger partial charge in [-0.2, -0.15) is 0 Å². The van der Waals surface area contributed by atoms with Crippen LogP contribution in [0.5, 0.6) is 0 Å². The van der Waals surface area contributed by atoms with Crippen LogP contribution in [0, 0.1) is 0 Å². The number of pyridine rings is 1. The Hall–Kier alpha value is -2.37. The summed E-state index contributed by atoms with van der Waals surface area (Å²) in [6.45, 7) is 0.452. The van der Waals surface area contributed by atoms with Crippen molar-refractivity contribution < 1.29 is 4.79 Å². The fraction of sp³-hybridized carbons (Fsp3) is 0.308. The van der Waals surface area contributed by atoms with E-state index in [2.05, 4.69) is 15.3 Å². The van der Waals surface area contributed by atoms with Crippen molar-refractivity contribution in [3.8, 4) is 0 Å². The van der Waals surface area contributed by atoms with Crippen molar-refractivity contribution in [1.29, 1.82) is 0 Å². The third kappa shape index (κ3) is 2.90. The van der Waals surface area contributed by atoms with Crippen LogP contribution < -0.4 is 5.32 Å². The number of anilines is 1. The van der Waals surface area contributed by atoms with Crippen molar-refractivity contribution in [2.75, 3.05) is 19.4 Å². The van der Waals surface area contributed by atoms with Crippen molar-refractivity contribution >= 4 is 11.7 Å². The largest absolute Gasteiger partial charge is 0.373 e. The second-order valence-electron chi connectivity index (χ2n) is 4.27. The molecule has 6 nitrogen and oxygen atoms in total. The number of imidazole rings is 1. The zero-order valence-corrected chi connectivity index (χ0v) is 11.3. The van der Waals surface area contributed by atoms with Crippen LogP contribution in [0.3, 0.4) is 0 Å². The Balaban J connectivity index is 2.12. The monoisotopic (exact) mass is 259 g/mol. The molecule has 19 heavy (non-hydrogen) atoms. The van der Waals surface area contributed by atoms with E-state index < -0.39 is 0 Å². The summed E-state index contributed by atoms with van der Waals surface area (Å²) >= 11 is 0. The van der Waals surface area contributed by atoms with E-state index in [-0.39, 0.29) is 5.91 Å². The molecule has 0 unspecified atom stereocenters. The number of hydrogen-bond acceptors (Lipinski definition) is 4. The number of hydrogen-bond donors (Lipinski definition) is 1. The molecule has 2 aromatic heterocycles. The van der Waals surface area contributed by atoms with E-state index in [1.807, 2.05) is 23.9 Å². The summed E-state index contributed by atoms with van der Waals surface area (Å²) in [5, 5.41) is 2.92. The Morgan fingerprint density at radius 1 is 1.47 bits per heavy atom. The van der Waals surface area contributed by atoms with Crippen LogP contribution in [0.4, 0.5) is 5.82 Å². The van der Waals surface area contributed by atoms with Crippen LogP contribution in [0.15, 0.2) is 30.6 Å². The first kappa shape index (κ1) is 13.1. The summed E-state index contributed by atoms with van der Waals surface area (Å²) in [5.41, 5.74) is 0.420. The Bertz CT molecular complexity index is 578. The third-order valence-corrected chi connectivity index (χ3v) is 2.87. The molecule has 6 heteroatoms. The van der Waals surface area contributed by atoms with Gasteiger partial charge in [0.2, 0.25) is 0 Å². The van der Waals surface area contributed by atoms with Gasteiger partial charge in [0.05, 0.1) is 6.54 Å². The molecule has 2 rings (SSSR count). The molecule has 0 aliphatic heterocycles. The molecule has 0 aliphatic rings. The Morgan fingerprint density at radius 2 is 2.26 bits per heavy atom. The van der Waals surface area contributed by atoms with Crippen molar-refractivity contribution in [2.45, 2.75) is 6.54 Å². The molecule has 0 spiro atoms. The molecule has 0 aliphatic carbocycles. The van der Waals surface area contributed by atoms with E-state index in [0.717, 1.165) is 5.82 Å². The van der Waals surface area contributed by atoms with Crippen molar-refractivity contribution in [2.24, 2.45) is 7.05 Å². The molecule has 0 saturated heterocycles. The molecule has 0 fully saturated rings.